The van der Waals surface area contributed by atoms with E-state index in [1.807, 2.05) is 17.8 Å². The first-order valence-corrected chi connectivity index (χ1v) is 6.99. The van der Waals surface area contributed by atoms with E-state index in [1.165, 1.54) is 0 Å². The predicted octanol–water partition coefficient (Wildman–Crippen LogP) is 1.89. The molecule has 1 atom stereocenters. The van der Waals surface area contributed by atoms with E-state index < -0.39 is 11.4 Å². The molecule has 1 aliphatic heterocycles. The number of likely N-dealkylation sites (tertiary alicyclic amines) is 1. The maximum Gasteiger partial charge on any atom is 0.310 e. The van der Waals surface area contributed by atoms with Crippen LogP contribution in [0, 0.1) is 5.41 Å². The highest BCUT2D eigenvalue weighted by molar-refractivity contribution is 5.75. The van der Waals surface area contributed by atoms with Crippen molar-refractivity contribution in [2.24, 2.45) is 12.5 Å². The summed E-state index contributed by atoms with van der Waals surface area (Å²) in [5.41, 5.74) is -0.557. The van der Waals surface area contributed by atoms with Crippen molar-refractivity contribution in [1.29, 1.82) is 0 Å². The summed E-state index contributed by atoms with van der Waals surface area (Å²) in [5, 5.41) is 9.57. The molecule has 19 heavy (non-hydrogen) atoms. The third-order valence-corrected chi connectivity index (χ3v) is 4.12. The van der Waals surface area contributed by atoms with Gasteiger partial charge >= 0.3 is 5.97 Å². The van der Waals surface area contributed by atoms with Crippen molar-refractivity contribution >= 4 is 5.97 Å². The number of imidazole rings is 1. The lowest BCUT2D eigenvalue weighted by Crippen LogP contribution is -2.47. The standard InChI is InChI=1S/C14H23N3O2/c1-3-5-14(13(18)19)6-4-8-17(11-14)10-12-15-7-9-16(12)2/h7,9H,3-6,8,10-11H2,1-2H3,(H,18,19). The Bertz CT molecular complexity index is 440. The number of hydrogen-bond donors (Lipinski definition) is 1. The fourth-order valence-electron chi connectivity index (χ4n) is 3.08. The summed E-state index contributed by atoms with van der Waals surface area (Å²) in [4.78, 5) is 18.2. The van der Waals surface area contributed by atoms with Crippen molar-refractivity contribution in [3.63, 3.8) is 0 Å². The molecular formula is C14H23N3O2. The van der Waals surface area contributed by atoms with Gasteiger partial charge in [0.25, 0.3) is 0 Å². The van der Waals surface area contributed by atoms with E-state index in [-0.39, 0.29) is 0 Å². The van der Waals surface area contributed by atoms with Crippen molar-refractivity contribution in [3.8, 4) is 0 Å². The van der Waals surface area contributed by atoms with Crippen molar-refractivity contribution in [2.45, 2.75) is 39.2 Å². The smallest absolute Gasteiger partial charge is 0.310 e. The number of carboxylic acid groups (broad SMARTS) is 1. The molecule has 1 aromatic rings. The Kier molecular flexibility index (Phi) is 4.24. The summed E-state index contributed by atoms with van der Waals surface area (Å²) in [5.74, 6) is 0.358. The van der Waals surface area contributed by atoms with Gasteiger partial charge in [0.2, 0.25) is 0 Å². The average Bonchev–Trinajstić information content (AvgIpc) is 2.76. The van der Waals surface area contributed by atoms with E-state index in [4.69, 9.17) is 0 Å². The van der Waals surface area contributed by atoms with Gasteiger partial charge in [-0.15, -0.1) is 0 Å². The molecule has 1 aromatic heterocycles. The lowest BCUT2D eigenvalue weighted by atomic mass is 9.76. The van der Waals surface area contributed by atoms with Crippen molar-refractivity contribution in [3.05, 3.63) is 18.2 Å². The fourth-order valence-corrected chi connectivity index (χ4v) is 3.08. The first-order valence-electron chi connectivity index (χ1n) is 6.99. The molecule has 106 valence electrons. The van der Waals surface area contributed by atoms with Crippen LogP contribution in [-0.4, -0.2) is 38.6 Å². The quantitative estimate of drug-likeness (QED) is 0.883. The normalized spacial score (nSPS) is 24.5. The van der Waals surface area contributed by atoms with Crippen LogP contribution in [0.5, 0.6) is 0 Å². The van der Waals surface area contributed by atoms with E-state index in [0.29, 0.717) is 6.54 Å². The fraction of sp³-hybridized carbons (Fsp3) is 0.714. The lowest BCUT2D eigenvalue weighted by Gasteiger charge is -2.39. The number of nitrogens with zero attached hydrogens (tertiary/aromatic N) is 3. The molecule has 1 fully saturated rings. The topological polar surface area (TPSA) is 58.4 Å². The van der Waals surface area contributed by atoms with E-state index >= 15 is 0 Å². The minimum Gasteiger partial charge on any atom is -0.481 e. The molecule has 0 amide bonds. The molecule has 0 aliphatic carbocycles. The molecule has 0 spiro atoms. The van der Waals surface area contributed by atoms with Crippen LogP contribution in [0.4, 0.5) is 0 Å². The van der Waals surface area contributed by atoms with Crippen molar-refractivity contribution in [1.82, 2.24) is 14.5 Å². The van der Waals surface area contributed by atoms with E-state index in [2.05, 4.69) is 16.8 Å². The van der Waals surface area contributed by atoms with Gasteiger partial charge in [0.05, 0.1) is 12.0 Å². The monoisotopic (exact) mass is 265 g/mol. The van der Waals surface area contributed by atoms with Gasteiger partial charge in [-0.3, -0.25) is 9.69 Å². The van der Waals surface area contributed by atoms with Crippen LogP contribution in [-0.2, 0) is 18.4 Å². The van der Waals surface area contributed by atoms with Crippen molar-refractivity contribution in [2.75, 3.05) is 13.1 Å². The highest BCUT2D eigenvalue weighted by Crippen LogP contribution is 2.35. The zero-order valence-electron chi connectivity index (χ0n) is 11.8. The molecule has 0 bridgehead atoms. The number of carbonyl (C=O) groups is 1. The SMILES string of the molecule is CCCC1(C(=O)O)CCCN(Cc2nccn2C)C1. The van der Waals surface area contributed by atoms with Gasteiger partial charge in [0.1, 0.15) is 5.82 Å². The molecule has 2 rings (SSSR count). The zero-order chi connectivity index (χ0) is 13.9. The molecule has 1 N–H and O–H groups in total. The second-order valence-corrected chi connectivity index (χ2v) is 5.60. The number of piperidine rings is 1. The summed E-state index contributed by atoms with van der Waals surface area (Å²) < 4.78 is 2.00. The number of rotatable bonds is 5. The molecule has 1 unspecified atom stereocenters. The highest BCUT2D eigenvalue weighted by Gasteiger charge is 2.41. The third-order valence-electron chi connectivity index (χ3n) is 4.12. The first kappa shape index (κ1) is 14.1. The zero-order valence-corrected chi connectivity index (χ0v) is 11.8. The predicted molar refractivity (Wildman–Crippen MR) is 72.7 cm³/mol. The van der Waals surface area contributed by atoms with Crippen LogP contribution < -0.4 is 0 Å². The number of aryl methyl sites for hydroxylation is 1. The Hall–Kier alpha value is -1.36. The second kappa shape index (κ2) is 5.74. The van der Waals surface area contributed by atoms with Crippen LogP contribution in [0.1, 0.15) is 38.4 Å². The number of carboxylic acids is 1. The van der Waals surface area contributed by atoms with Gasteiger partial charge in [-0.2, -0.15) is 0 Å². The Morgan fingerprint density at radius 1 is 1.58 bits per heavy atom. The van der Waals surface area contributed by atoms with Gasteiger partial charge in [-0.25, -0.2) is 4.98 Å². The number of hydrogen-bond acceptors (Lipinski definition) is 3. The molecule has 0 saturated carbocycles. The van der Waals surface area contributed by atoms with E-state index in [1.54, 1.807) is 6.20 Å². The number of aromatic nitrogens is 2. The summed E-state index contributed by atoms with van der Waals surface area (Å²) in [6.45, 7) is 4.40. The Labute approximate surface area is 114 Å². The van der Waals surface area contributed by atoms with Crippen LogP contribution >= 0.6 is 0 Å². The number of aliphatic carboxylic acids is 1. The first-order chi connectivity index (χ1) is 9.07. The molecule has 0 aromatic carbocycles. The Morgan fingerprint density at radius 2 is 2.37 bits per heavy atom. The largest absolute Gasteiger partial charge is 0.481 e. The van der Waals surface area contributed by atoms with Crippen molar-refractivity contribution < 1.29 is 9.90 Å². The molecule has 1 saturated heterocycles. The van der Waals surface area contributed by atoms with Gasteiger partial charge in [0.15, 0.2) is 0 Å². The third kappa shape index (κ3) is 2.97. The lowest BCUT2D eigenvalue weighted by molar-refractivity contribution is -0.153. The summed E-state index contributed by atoms with van der Waals surface area (Å²) in [6, 6.07) is 0. The second-order valence-electron chi connectivity index (χ2n) is 5.60. The highest BCUT2D eigenvalue weighted by atomic mass is 16.4. The molecule has 5 heteroatoms. The Morgan fingerprint density at radius 3 is 2.95 bits per heavy atom. The average molecular weight is 265 g/mol. The summed E-state index contributed by atoms with van der Waals surface area (Å²) in [6.07, 6.45) is 7.15. The molecule has 5 nitrogen and oxygen atoms in total. The van der Waals surface area contributed by atoms with Gasteiger partial charge in [-0.05, 0) is 25.8 Å². The van der Waals surface area contributed by atoms with Crippen LogP contribution in [0.15, 0.2) is 12.4 Å². The van der Waals surface area contributed by atoms with Gasteiger partial charge in [-0.1, -0.05) is 13.3 Å². The van der Waals surface area contributed by atoms with Crippen LogP contribution in [0.2, 0.25) is 0 Å². The minimum atomic E-state index is -0.640. The van der Waals surface area contributed by atoms with Gasteiger partial charge in [0, 0.05) is 26.0 Å². The van der Waals surface area contributed by atoms with Crippen LogP contribution in [0.3, 0.4) is 0 Å². The van der Waals surface area contributed by atoms with E-state index in [9.17, 15) is 9.90 Å². The van der Waals surface area contributed by atoms with Crippen LogP contribution in [0.25, 0.3) is 0 Å². The molecular weight excluding hydrogens is 242 g/mol. The maximum atomic E-state index is 11.6. The maximum absolute atomic E-state index is 11.6. The summed E-state index contributed by atoms with van der Waals surface area (Å²) >= 11 is 0. The summed E-state index contributed by atoms with van der Waals surface area (Å²) in [7, 11) is 1.97. The van der Waals surface area contributed by atoms with E-state index in [0.717, 1.165) is 44.6 Å². The molecule has 2 heterocycles. The van der Waals surface area contributed by atoms with Gasteiger partial charge < -0.3 is 9.67 Å². The Balaban J connectivity index is 2.07. The minimum absolute atomic E-state index is 0.557. The molecule has 0 radical (unpaired) electrons. The molecule has 1 aliphatic rings.